The van der Waals surface area contributed by atoms with Gasteiger partial charge >= 0.3 is 5.97 Å². The third kappa shape index (κ3) is 6.23. The molecule has 9 nitrogen and oxygen atoms in total. The Bertz CT molecular complexity index is 1500. The predicted octanol–water partition coefficient (Wildman–Crippen LogP) is 5.37. The number of benzene rings is 3. The number of amidine groups is 1. The van der Waals surface area contributed by atoms with E-state index in [1.807, 2.05) is 31.2 Å². The van der Waals surface area contributed by atoms with Crippen molar-refractivity contribution in [2.24, 2.45) is 0 Å². The van der Waals surface area contributed by atoms with Gasteiger partial charge in [0.2, 0.25) is 17.4 Å². The van der Waals surface area contributed by atoms with Gasteiger partial charge in [0.25, 0.3) is 0 Å². The molecule has 41 heavy (non-hydrogen) atoms. The van der Waals surface area contributed by atoms with Crippen LogP contribution in [-0.4, -0.2) is 49.2 Å². The molecule has 11 heteroatoms. The van der Waals surface area contributed by atoms with Crippen molar-refractivity contribution in [1.29, 1.82) is 5.41 Å². The lowest BCUT2D eigenvalue weighted by Crippen LogP contribution is -2.30. The average molecular weight is 597 g/mol. The molecule has 214 valence electrons. The van der Waals surface area contributed by atoms with E-state index in [9.17, 15) is 9.59 Å². The molecule has 5 rings (SSSR count). The van der Waals surface area contributed by atoms with Crippen LogP contribution < -0.4 is 29.0 Å². The fourth-order valence-corrected chi connectivity index (χ4v) is 5.91. The molecule has 0 aliphatic carbocycles. The maximum Gasteiger partial charge on any atom is 0.343 e. The number of halogens is 1. The summed E-state index contributed by atoms with van der Waals surface area (Å²) < 4.78 is 29.5. The third-order valence-electron chi connectivity index (χ3n) is 6.92. The van der Waals surface area contributed by atoms with Gasteiger partial charge in [0.05, 0.1) is 25.0 Å². The van der Waals surface area contributed by atoms with Crippen LogP contribution in [0.1, 0.15) is 33.5 Å². The van der Waals surface area contributed by atoms with E-state index in [2.05, 4.69) is 5.32 Å². The minimum Gasteiger partial charge on any atom is -0.490 e. The van der Waals surface area contributed by atoms with Gasteiger partial charge in [-0.2, -0.15) is 0 Å². The van der Waals surface area contributed by atoms with Crippen molar-refractivity contribution in [3.63, 3.8) is 0 Å². The predicted molar refractivity (Wildman–Crippen MR) is 156 cm³/mol. The Hall–Kier alpha value is -3.89. The first-order valence-electron chi connectivity index (χ1n) is 13.0. The highest BCUT2D eigenvalue weighted by Gasteiger charge is 2.33. The molecule has 2 atom stereocenters. The van der Waals surface area contributed by atoms with Crippen LogP contribution in [0.5, 0.6) is 28.7 Å². The van der Waals surface area contributed by atoms with Gasteiger partial charge in [0.15, 0.2) is 16.7 Å². The molecule has 2 N–H and O–H groups in total. The molecule has 0 aromatic heterocycles. The number of ether oxygens (including phenoxy) is 5. The Balaban J connectivity index is 1.27. The zero-order valence-electron chi connectivity index (χ0n) is 22.7. The molecule has 2 unspecified atom stereocenters. The molecule has 3 aromatic rings. The van der Waals surface area contributed by atoms with Crippen molar-refractivity contribution in [3.8, 4) is 28.7 Å². The number of hydrogen-bond donors (Lipinski definition) is 2. The van der Waals surface area contributed by atoms with Gasteiger partial charge in [-0.25, -0.2) is 4.79 Å². The molecule has 1 saturated heterocycles. The van der Waals surface area contributed by atoms with Gasteiger partial charge in [-0.05, 0) is 62.1 Å². The minimum atomic E-state index is -0.560. The van der Waals surface area contributed by atoms with E-state index in [1.165, 1.54) is 26.0 Å². The number of carbonyl (C=O) groups excluding carboxylic acids is 2. The summed E-state index contributed by atoms with van der Waals surface area (Å²) in [5, 5.41) is 10.5. The Labute approximate surface area is 246 Å². The summed E-state index contributed by atoms with van der Waals surface area (Å²) in [6, 6.07) is 14.1. The fourth-order valence-electron chi connectivity index (χ4n) is 4.83. The zero-order valence-corrected chi connectivity index (χ0v) is 24.3. The van der Waals surface area contributed by atoms with Crippen LogP contribution >= 0.6 is 23.4 Å². The molecule has 3 aromatic carbocycles. The van der Waals surface area contributed by atoms with Crippen LogP contribution in [0.15, 0.2) is 48.5 Å². The quantitative estimate of drug-likeness (QED) is 0.250. The van der Waals surface area contributed by atoms with E-state index < -0.39 is 5.97 Å². The lowest BCUT2D eigenvalue weighted by atomic mass is 9.96. The van der Waals surface area contributed by atoms with E-state index in [4.69, 9.17) is 40.7 Å². The number of nitrogens with one attached hydrogen (secondary N) is 2. The molecule has 1 fully saturated rings. The number of fused-ring (bicyclic) bond motifs is 1. The van der Waals surface area contributed by atoms with Crippen LogP contribution in [0, 0.1) is 12.3 Å². The van der Waals surface area contributed by atoms with Crippen LogP contribution in [-0.2, 0) is 17.6 Å². The number of rotatable bonds is 9. The Morgan fingerprint density at radius 1 is 1.12 bits per heavy atom. The highest BCUT2D eigenvalue weighted by Crippen LogP contribution is 2.51. The van der Waals surface area contributed by atoms with E-state index in [0.29, 0.717) is 53.7 Å². The number of methoxy groups -OCH3 is 2. The van der Waals surface area contributed by atoms with Crippen LogP contribution in [0.25, 0.3) is 0 Å². The summed E-state index contributed by atoms with van der Waals surface area (Å²) in [6.07, 6.45) is 1.64. The van der Waals surface area contributed by atoms with Gasteiger partial charge in [-0.15, -0.1) is 0 Å². The van der Waals surface area contributed by atoms with Crippen molar-refractivity contribution in [3.05, 3.63) is 75.8 Å². The number of esters is 1. The topological polar surface area (TPSA) is 116 Å². The summed E-state index contributed by atoms with van der Waals surface area (Å²) in [5.41, 5.74) is 2.91. The smallest absolute Gasteiger partial charge is 0.343 e. The average Bonchev–Trinajstić information content (AvgIpc) is 3.29. The van der Waals surface area contributed by atoms with Crippen LogP contribution in [0.4, 0.5) is 0 Å². The molecule has 2 aliphatic rings. The normalized spacial score (nSPS) is 17.8. The van der Waals surface area contributed by atoms with Crippen LogP contribution in [0.2, 0.25) is 5.02 Å². The van der Waals surface area contributed by atoms with Gasteiger partial charge in [0.1, 0.15) is 18.5 Å². The first kappa shape index (κ1) is 28.6. The lowest BCUT2D eigenvalue weighted by molar-refractivity contribution is -0.118. The Kier molecular flexibility index (Phi) is 8.60. The van der Waals surface area contributed by atoms with Crippen molar-refractivity contribution in [1.82, 2.24) is 5.32 Å². The molecule has 0 saturated carbocycles. The summed E-state index contributed by atoms with van der Waals surface area (Å²) in [5.74, 6) is 1.41. The number of hydrogen-bond acceptors (Lipinski definition) is 9. The highest BCUT2D eigenvalue weighted by atomic mass is 35.5. The first-order valence-corrected chi connectivity index (χ1v) is 14.2. The Morgan fingerprint density at radius 3 is 2.54 bits per heavy atom. The van der Waals surface area contributed by atoms with Gasteiger partial charge < -0.3 is 29.0 Å². The van der Waals surface area contributed by atoms with Crippen molar-refractivity contribution < 1.29 is 33.3 Å². The number of amides is 1. The number of carbonyl (C=O) groups is 2. The maximum atomic E-state index is 12.9. The molecule has 0 spiro atoms. The molecule has 1 amide bonds. The summed E-state index contributed by atoms with van der Waals surface area (Å²) in [4.78, 5) is 24.8. The van der Waals surface area contributed by atoms with Crippen LogP contribution in [0.3, 0.4) is 0 Å². The van der Waals surface area contributed by atoms with Gasteiger partial charge in [0, 0.05) is 16.1 Å². The molecule has 0 bridgehead atoms. The van der Waals surface area contributed by atoms with E-state index in [1.54, 1.807) is 24.3 Å². The Morgan fingerprint density at radius 2 is 1.88 bits per heavy atom. The standard InChI is InChI=1S/C30H29ClN2O7S/c1-16-22-12-11-21(15-38-20-9-7-17(8-10-20)13-23-28(34)33-30(32)41-23)39-25(22)27(37-3)26(36-2)24(16)40-29(35)18-5-4-6-19(31)14-18/h4-10,14,21,23H,11-13,15H2,1-3H3,(H2,32,33,34). The lowest BCUT2D eigenvalue weighted by Gasteiger charge is -2.30. The van der Waals surface area contributed by atoms with E-state index >= 15 is 0 Å². The van der Waals surface area contributed by atoms with Crippen molar-refractivity contribution in [2.75, 3.05) is 20.8 Å². The minimum absolute atomic E-state index is 0.135. The van der Waals surface area contributed by atoms with Crippen molar-refractivity contribution >= 4 is 40.4 Å². The SMILES string of the molecule is COc1c(OC(=O)c2cccc(Cl)c2)c(C)c2c(c1OC)OC(COc1ccc(CC3SC(=N)NC3=O)cc1)CC2. The summed E-state index contributed by atoms with van der Waals surface area (Å²) in [7, 11) is 2.99. The third-order valence-corrected chi connectivity index (χ3v) is 8.16. The van der Waals surface area contributed by atoms with E-state index in [-0.39, 0.29) is 33.9 Å². The second kappa shape index (κ2) is 12.3. The maximum absolute atomic E-state index is 12.9. The molecule has 0 radical (unpaired) electrons. The monoisotopic (exact) mass is 596 g/mol. The summed E-state index contributed by atoms with van der Waals surface area (Å²) in [6.45, 7) is 2.17. The first-order chi connectivity index (χ1) is 19.8. The summed E-state index contributed by atoms with van der Waals surface area (Å²) >= 11 is 7.28. The molecule has 2 aliphatic heterocycles. The fraction of sp³-hybridized carbons (Fsp3) is 0.300. The van der Waals surface area contributed by atoms with E-state index in [0.717, 1.165) is 16.7 Å². The molecule has 2 heterocycles. The second-order valence-electron chi connectivity index (χ2n) is 9.59. The highest BCUT2D eigenvalue weighted by molar-refractivity contribution is 8.15. The number of thioether (sulfide) groups is 1. The molecular formula is C30H29ClN2O7S. The zero-order chi connectivity index (χ0) is 29.1. The van der Waals surface area contributed by atoms with Crippen molar-refractivity contribution in [2.45, 2.75) is 37.5 Å². The van der Waals surface area contributed by atoms with Gasteiger partial charge in [-0.1, -0.05) is 41.6 Å². The van der Waals surface area contributed by atoms with Gasteiger partial charge in [-0.3, -0.25) is 10.2 Å². The largest absolute Gasteiger partial charge is 0.490 e. The second-order valence-corrected chi connectivity index (χ2v) is 11.2. The molecular weight excluding hydrogens is 568 g/mol.